The zero-order valence-corrected chi connectivity index (χ0v) is 14.8. The number of hydrogen-bond donors (Lipinski definition) is 2. The molecule has 1 atom stereocenters. The number of rotatable bonds is 7. The van der Waals surface area contributed by atoms with E-state index in [1.807, 2.05) is 23.6 Å². The summed E-state index contributed by atoms with van der Waals surface area (Å²) in [5.74, 6) is 2.34. The van der Waals surface area contributed by atoms with Gasteiger partial charge in [-0.25, -0.2) is 4.98 Å². The summed E-state index contributed by atoms with van der Waals surface area (Å²) in [4.78, 5) is 4.11. The van der Waals surface area contributed by atoms with Crippen LogP contribution >= 0.6 is 11.3 Å². The minimum Gasteiger partial charge on any atom is -0.497 e. The third-order valence-corrected chi connectivity index (χ3v) is 3.96. The number of thiazole rings is 1. The van der Waals surface area contributed by atoms with Crippen LogP contribution in [0.4, 0.5) is 5.82 Å². The predicted molar refractivity (Wildman–Crippen MR) is 93.8 cm³/mol. The second-order valence-electron chi connectivity index (χ2n) is 6.33. The first-order chi connectivity index (χ1) is 10.9. The number of nitrogens with zero attached hydrogens (tertiary/aromatic N) is 1. The number of hydrogen-bond acceptors (Lipinski definition) is 6. The summed E-state index contributed by atoms with van der Waals surface area (Å²) in [6.45, 7) is 6.97. The average Bonchev–Trinajstić information content (AvgIpc) is 3.03. The van der Waals surface area contributed by atoms with Crippen LogP contribution in [0, 0.1) is 0 Å². The van der Waals surface area contributed by atoms with Crippen molar-refractivity contribution in [2.75, 3.05) is 25.6 Å². The molecule has 1 aromatic heterocycles. The summed E-state index contributed by atoms with van der Waals surface area (Å²) < 4.78 is 11.1. The van der Waals surface area contributed by atoms with Crippen molar-refractivity contribution < 1.29 is 14.6 Å². The van der Waals surface area contributed by atoms with Gasteiger partial charge in [-0.15, -0.1) is 11.3 Å². The Bertz CT molecular complexity index is 609. The fraction of sp³-hybridized carbons (Fsp3) is 0.471. The van der Waals surface area contributed by atoms with E-state index in [9.17, 15) is 5.11 Å². The molecule has 5 nitrogen and oxygen atoms in total. The number of aromatic nitrogens is 1. The minimum atomic E-state index is -0.619. The maximum Gasteiger partial charge on any atom is 0.137 e. The molecule has 6 heteroatoms. The SMILES string of the molecule is COc1ccc(OCC(O)CNc2cscn2)c(C(C)(C)C)c1. The van der Waals surface area contributed by atoms with Crippen LogP contribution in [0.15, 0.2) is 29.1 Å². The standard InChI is InChI=1S/C17H24N2O3S/c1-17(2,3)14-7-13(21-4)5-6-15(14)22-9-12(20)8-18-16-10-23-11-19-16/h5-7,10-12,18,20H,8-9H2,1-4H3. The Morgan fingerprint density at radius 1 is 1.35 bits per heavy atom. The smallest absolute Gasteiger partial charge is 0.137 e. The van der Waals surface area contributed by atoms with Gasteiger partial charge in [-0.05, 0) is 23.6 Å². The molecule has 0 saturated heterocycles. The van der Waals surface area contributed by atoms with E-state index in [0.29, 0.717) is 6.54 Å². The number of aliphatic hydroxyl groups is 1. The molecule has 1 aromatic carbocycles. The van der Waals surface area contributed by atoms with Gasteiger partial charge in [-0.3, -0.25) is 0 Å². The number of ether oxygens (including phenoxy) is 2. The third-order valence-electron chi connectivity index (χ3n) is 3.38. The molecule has 0 aliphatic rings. The van der Waals surface area contributed by atoms with E-state index in [2.05, 4.69) is 31.1 Å². The summed E-state index contributed by atoms with van der Waals surface area (Å²) in [6.07, 6.45) is -0.619. The molecule has 23 heavy (non-hydrogen) atoms. The average molecular weight is 336 g/mol. The molecule has 0 amide bonds. The van der Waals surface area contributed by atoms with E-state index >= 15 is 0 Å². The van der Waals surface area contributed by atoms with Crippen molar-refractivity contribution in [3.8, 4) is 11.5 Å². The van der Waals surface area contributed by atoms with Gasteiger partial charge in [0.05, 0.1) is 12.6 Å². The maximum absolute atomic E-state index is 10.1. The van der Waals surface area contributed by atoms with Crippen molar-refractivity contribution in [2.24, 2.45) is 0 Å². The summed E-state index contributed by atoms with van der Waals surface area (Å²) in [5, 5.41) is 15.0. The number of benzene rings is 1. The molecule has 1 heterocycles. The maximum atomic E-state index is 10.1. The summed E-state index contributed by atoms with van der Waals surface area (Å²) >= 11 is 1.51. The molecule has 0 saturated carbocycles. The number of methoxy groups -OCH3 is 1. The van der Waals surface area contributed by atoms with Crippen molar-refractivity contribution >= 4 is 17.2 Å². The molecular formula is C17H24N2O3S. The molecule has 2 aromatic rings. The zero-order valence-electron chi connectivity index (χ0n) is 14.0. The molecule has 0 radical (unpaired) electrons. The molecule has 2 N–H and O–H groups in total. The van der Waals surface area contributed by atoms with Crippen LogP contribution in [0.25, 0.3) is 0 Å². The Labute approximate surface area is 141 Å². The van der Waals surface area contributed by atoms with Gasteiger partial charge in [0.25, 0.3) is 0 Å². The highest BCUT2D eigenvalue weighted by molar-refractivity contribution is 7.07. The van der Waals surface area contributed by atoms with Crippen LogP contribution in [0.3, 0.4) is 0 Å². The second kappa shape index (κ2) is 7.66. The van der Waals surface area contributed by atoms with Gasteiger partial charge in [-0.2, -0.15) is 0 Å². The van der Waals surface area contributed by atoms with E-state index < -0.39 is 6.10 Å². The number of anilines is 1. The highest BCUT2D eigenvalue weighted by Crippen LogP contribution is 2.34. The Kier molecular flexibility index (Phi) is 5.85. The molecule has 126 valence electrons. The molecule has 0 spiro atoms. The van der Waals surface area contributed by atoms with Gasteiger partial charge in [0.1, 0.15) is 30.0 Å². The van der Waals surface area contributed by atoms with Crippen LogP contribution in [-0.2, 0) is 5.41 Å². The quantitative estimate of drug-likeness (QED) is 0.812. The van der Waals surface area contributed by atoms with Gasteiger partial charge in [0.15, 0.2) is 0 Å². The van der Waals surface area contributed by atoms with E-state index in [4.69, 9.17) is 9.47 Å². The van der Waals surface area contributed by atoms with Crippen LogP contribution < -0.4 is 14.8 Å². The lowest BCUT2D eigenvalue weighted by Gasteiger charge is -2.24. The molecule has 1 unspecified atom stereocenters. The minimum absolute atomic E-state index is 0.0757. The van der Waals surface area contributed by atoms with Crippen LogP contribution in [-0.4, -0.2) is 36.5 Å². The van der Waals surface area contributed by atoms with Gasteiger partial charge in [0, 0.05) is 17.5 Å². The lowest BCUT2D eigenvalue weighted by atomic mass is 9.86. The Balaban J connectivity index is 1.96. The van der Waals surface area contributed by atoms with Gasteiger partial charge >= 0.3 is 0 Å². The fourth-order valence-corrected chi connectivity index (χ4v) is 2.62. The normalized spacial score (nSPS) is 12.7. The van der Waals surface area contributed by atoms with E-state index in [1.165, 1.54) is 11.3 Å². The first kappa shape index (κ1) is 17.6. The van der Waals surface area contributed by atoms with Crippen molar-refractivity contribution in [1.82, 2.24) is 4.98 Å². The van der Waals surface area contributed by atoms with Crippen LogP contribution in [0.1, 0.15) is 26.3 Å². The van der Waals surface area contributed by atoms with Gasteiger partial charge < -0.3 is 19.9 Å². The van der Waals surface area contributed by atoms with Gasteiger partial charge in [0.2, 0.25) is 0 Å². The molecule has 2 rings (SSSR count). The topological polar surface area (TPSA) is 63.6 Å². The lowest BCUT2D eigenvalue weighted by molar-refractivity contribution is 0.116. The highest BCUT2D eigenvalue weighted by Gasteiger charge is 2.20. The molecule has 0 fully saturated rings. The van der Waals surface area contributed by atoms with Crippen molar-refractivity contribution in [2.45, 2.75) is 32.3 Å². The Hall–Kier alpha value is -1.79. The van der Waals surface area contributed by atoms with E-state index in [-0.39, 0.29) is 12.0 Å². The first-order valence-electron chi connectivity index (χ1n) is 7.51. The summed E-state index contributed by atoms with van der Waals surface area (Å²) in [6, 6.07) is 5.74. The zero-order chi connectivity index (χ0) is 16.9. The van der Waals surface area contributed by atoms with Crippen LogP contribution in [0.2, 0.25) is 0 Å². The third kappa shape index (κ3) is 5.11. The van der Waals surface area contributed by atoms with Crippen LogP contribution in [0.5, 0.6) is 11.5 Å². The van der Waals surface area contributed by atoms with E-state index in [1.54, 1.807) is 12.6 Å². The summed E-state index contributed by atoms with van der Waals surface area (Å²) in [5.41, 5.74) is 2.72. The van der Waals surface area contributed by atoms with Crippen molar-refractivity contribution in [3.63, 3.8) is 0 Å². The Morgan fingerprint density at radius 2 is 2.13 bits per heavy atom. The lowest BCUT2D eigenvalue weighted by Crippen LogP contribution is -2.27. The Morgan fingerprint density at radius 3 is 2.74 bits per heavy atom. The van der Waals surface area contributed by atoms with E-state index in [0.717, 1.165) is 22.9 Å². The predicted octanol–water partition coefficient (Wildman–Crippen LogP) is 3.30. The number of aliphatic hydroxyl groups excluding tert-OH is 1. The highest BCUT2D eigenvalue weighted by atomic mass is 32.1. The second-order valence-corrected chi connectivity index (χ2v) is 7.05. The largest absolute Gasteiger partial charge is 0.497 e. The first-order valence-corrected chi connectivity index (χ1v) is 8.46. The number of nitrogens with one attached hydrogen (secondary N) is 1. The molecule has 0 aliphatic carbocycles. The van der Waals surface area contributed by atoms with Gasteiger partial charge in [-0.1, -0.05) is 20.8 Å². The van der Waals surface area contributed by atoms with Crippen molar-refractivity contribution in [1.29, 1.82) is 0 Å². The summed E-state index contributed by atoms with van der Waals surface area (Å²) in [7, 11) is 1.65. The molecule has 0 bridgehead atoms. The monoisotopic (exact) mass is 336 g/mol. The molecular weight excluding hydrogens is 312 g/mol. The van der Waals surface area contributed by atoms with Crippen molar-refractivity contribution in [3.05, 3.63) is 34.7 Å². The molecule has 0 aliphatic heterocycles. The fourth-order valence-electron chi connectivity index (χ4n) is 2.12.